The van der Waals surface area contributed by atoms with Crippen LogP contribution in [-0.2, 0) is 16.2 Å². The second-order valence-corrected chi connectivity index (χ2v) is 2.66. The Bertz CT molecular complexity index is 345. The van der Waals surface area contributed by atoms with Crippen LogP contribution in [0.15, 0.2) is 18.2 Å². The van der Waals surface area contributed by atoms with Gasteiger partial charge in [0.05, 0.1) is 12.7 Å². The van der Waals surface area contributed by atoms with Crippen LogP contribution >= 0.6 is 0 Å². The van der Waals surface area contributed by atoms with E-state index in [1.54, 1.807) is 18.2 Å². The Hall–Kier alpha value is -1.55. The van der Waals surface area contributed by atoms with E-state index >= 15 is 0 Å². The van der Waals surface area contributed by atoms with Gasteiger partial charge in [-0.3, -0.25) is 0 Å². The van der Waals surface area contributed by atoms with Crippen molar-refractivity contribution in [3.8, 4) is 5.75 Å². The van der Waals surface area contributed by atoms with E-state index in [0.29, 0.717) is 17.9 Å². The first-order chi connectivity index (χ1) is 6.31. The Morgan fingerprint density at radius 1 is 1.54 bits per heavy atom. The van der Waals surface area contributed by atoms with Crippen LogP contribution in [0, 0.1) is 0 Å². The SMILES string of the molecule is COC(=O)c1ccc2c(c1)COO2. The van der Waals surface area contributed by atoms with Crippen LogP contribution in [-0.4, -0.2) is 13.1 Å². The summed E-state index contributed by atoms with van der Waals surface area (Å²) in [6.45, 7) is 0.375. The van der Waals surface area contributed by atoms with Gasteiger partial charge in [-0.05, 0) is 18.2 Å². The van der Waals surface area contributed by atoms with Crippen molar-refractivity contribution in [2.75, 3.05) is 7.11 Å². The van der Waals surface area contributed by atoms with E-state index in [1.807, 2.05) is 0 Å². The van der Waals surface area contributed by atoms with Crippen molar-refractivity contribution in [3.63, 3.8) is 0 Å². The molecule has 0 radical (unpaired) electrons. The topological polar surface area (TPSA) is 44.8 Å². The Balaban J connectivity index is 2.36. The van der Waals surface area contributed by atoms with Crippen molar-refractivity contribution < 1.29 is 19.3 Å². The molecule has 68 valence electrons. The van der Waals surface area contributed by atoms with Crippen molar-refractivity contribution in [1.82, 2.24) is 0 Å². The molecule has 0 unspecified atom stereocenters. The molecule has 1 aromatic rings. The smallest absolute Gasteiger partial charge is 0.337 e. The summed E-state index contributed by atoms with van der Waals surface area (Å²) in [6, 6.07) is 5.03. The van der Waals surface area contributed by atoms with Gasteiger partial charge in [0.25, 0.3) is 0 Å². The van der Waals surface area contributed by atoms with Gasteiger partial charge < -0.3 is 9.62 Å². The number of hydrogen-bond donors (Lipinski definition) is 0. The van der Waals surface area contributed by atoms with Crippen molar-refractivity contribution in [2.24, 2.45) is 0 Å². The second kappa shape index (κ2) is 3.06. The fraction of sp³-hybridized carbons (Fsp3) is 0.222. The third kappa shape index (κ3) is 1.36. The number of benzene rings is 1. The molecule has 2 rings (SSSR count). The highest BCUT2D eigenvalue weighted by Gasteiger charge is 2.16. The van der Waals surface area contributed by atoms with Crippen LogP contribution in [0.25, 0.3) is 0 Å². The minimum Gasteiger partial charge on any atom is -0.465 e. The standard InChI is InChI=1S/C9H8O4/c1-11-9(10)6-2-3-8-7(4-6)5-12-13-8/h2-4H,5H2,1H3. The molecule has 4 nitrogen and oxygen atoms in total. The van der Waals surface area contributed by atoms with Gasteiger partial charge >= 0.3 is 5.97 Å². The van der Waals surface area contributed by atoms with E-state index in [1.165, 1.54) is 7.11 Å². The van der Waals surface area contributed by atoms with E-state index in [2.05, 4.69) is 4.74 Å². The number of rotatable bonds is 1. The summed E-state index contributed by atoms with van der Waals surface area (Å²) >= 11 is 0. The lowest BCUT2D eigenvalue weighted by atomic mass is 10.1. The first-order valence-corrected chi connectivity index (χ1v) is 3.82. The summed E-state index contributed by atoms with van der Waals surface area (Å²) in [5.41, 5.74) is 1.37. The maximum absolute atomic E-state index is 11.1. The number of esters is 1. The molecular weight excluding hydrogens is 172 g/mol. The van der Waals surface area contributed by atoms with E-state index in [-0.39, 0.29) is 5.97 Å². The highest BCUT2D eigenvalue weighted by Crippen LogP contribution is 2.26. The van der Waals surface area contributed by atoms with Gasteiger partial charge in [0.2, 0.25) is 0 Å². The van der Waals surface area contributed by atoms with Gasteiger partial charge in [-0.15, -0.1) is 0 Å². The fourth-order valence-corrected chi connectivity index (χ4v) is 1.17. The molecule has 1 aliphatic heterocycles. The third-order valence-electron chi connectivity index (χ3n) is 1.84. The Morgan fingerprint density at radius 3 is 3.15 bits per heavy atom. The molecule has 0 saturated heterocycles. The van der Waals surface area contributed by atoms with Crippen LogP contribution in [0.1, 0.15) is 15.9 Å². The highest BCUT2D eigenvalue weighted by molar-refractivity contribution is 5.89. The van der Waals surface area contributed by atoms with Crippen molar-refractivity contribution in [1.29, 1.82) is 0 Å². The van der Waals surface area contributed by atoms with Crippen LogP contribution in [0.4, 0.5) is 0 Å². The predicted octanol–water partition coefficient (Wildman–Crippen LogP) is 1.30. The van der Waals surface area contributed by atoms with Gasteiger partial charge in [0.1, 0.15) is 6.61 Å². The molecule has 0 saturated carbocycles. The summed E-state index contributed by atoms with van der Waals surface area (Å²) in [5, 5.41) is 0. The molecule has 1 heterocycles. The minimum atomic E-state index is -0.352. The van der Waals surface area contributed by atoms with E-state index in [9.17, 15) is 4.79 Å². The zero-order chi connectivity index (χ0) is 9.26. The lowest BCUT2D eigenvalue weighted by Crippen LogP contribution is -2.00. The number of ether oxygens (including phenoxy) is 1. The maximum Gasteiger partial charge on any atom is 0.337 e. The Morgan fingerprint density at radius 2 is 2.38 bits per heavy atom. The molecule has 0 atom stereocenters. The fourth-order valence-electron chi connectivity index (χ4n) is 1.17. The molecule has 1 aliphatic rings. The minimum absolute atomic E-state index is 0.352. The molecule has 0 N–H and O–H groups in total. The number of methoxy groups -OCH3 is 1. The zero-order valence-corrected chi connectivity index (χ0v) is 7.07. The Kier molecular flexibility index (Phi) is 1.90. The van der Waals surface area contributed by atoms with Crippen LogP contribution in [0.5, 0.6) is 5.75 Å². The number of hydrogen-bond acceptors (Lipinski definition) is 4. The quantitative estimate of drug-likeness (QED) is 0.482. The molecule has 1 aromatic carbocycles. The second-order valence-electron chi connectivity index (χ2n) is 2.66. The summed E-state index contributed by atoms with van der Waals surface area (Å²) in [4.78, 5) is 20.7. The summed E-state index contributed by atoms with van der Waals surface area (Å²) in [7, 11) is 1.35. The van der Waals surface area contributed by atoms with Gasteiger partial charge in [-0.2, -0.15) is 4.89 Å². The molecule has 0 fully saturated rings. The van der Waals surface area contributed by atoms with Gasteiger partial charge in [0.15, 0.2) is 5.75 Å². The van der Waals surface area contributed by atoms with Crippen molar-refractivity contribution in [3.05, 3.63) is 29.3 Å². The number of fused-ring (bicyclic) bond motifs is 1. The molecule has 0 amide bonds. The monoisotopic (exact) mass is 180 g/mol. The Labute approximate surface area is 75.0 Å². The van der Waals surface area contributed by atoms with Crippen LogP contribution in [0.2, 0.25) is 0 Å². The third-order valence-corrected chi connectivity index (χ3v) is 1.84. The maximum atomic E-state index is 11.1. The first-order valence-electron chi connectivity index (χ1n) is 3.82. The van der Waals surface area contributed by atoms with Crippen molar-refractivity contribution in [2.45, 2.75) is 6.61 Å². The van der Waals surface area contributed by atoms with Crippen LogP contribution in [0.3, 0.4) is 0 Å². The van der Waals surface area contributed by atoms with Gasteiger partial charge in [-0.1, -0.05) is 0 Å². The lowest BCUT2D eigenvalue weighted by Gasteiger charge is -1.99. The van der Waals surface area contributed by atoms with Gasteiger partial charge in [-0.25, -0.2) is 4.79 Å². The molecule has 4 heteroatoms. The molecule has 0 bridgehead atoms. The highest BCUT2D eigenvalue weighted by atomic mass is 17.2. The van der Waals surface area contributed by atoms with E-state index in [4.69, 9.17) is 9.78 Å². The number of carbonyl (C=O) groups excluding carboxylic acids is 1. The predicted molar refractivity (Wildman–Crippen MR) is 43.2 cm³/mol. The molecule has 0 aliphatic carbocycles. The first kappa shape index (κ1) is 8.07. The summed E-state index contributed by atoms with van der Waals surface area (Å²) < 4.78 is 4.58. The summed E-state index contributed by atoms with van der Waals surface area (Å²) in [6.07, 6.45) is 0. The summed E-state index contributed by atoms with van der Waals surface area (Å²) in [5.74, 6) is 0.308. The largest absolute Gasteiger partial charge is 0.465 e. The van der Waals surface area contributed by atoms with Crippen molar-refractivity contribution >= 4 is 5.97 Å². The zero-order valence-electron chi connectivity index (χ0n) is 7.07. The van der Waals surface area contributed by atoms with Gasteiger partial charge in [0, 0.05) is 5.56 Å². The van der Waals surface area contributed by atoms with Crippen LogP contribution < -0.4 is 4.89 Å². The molecular formula is C9H8O4. The average molecular weight is 180 g/mol. The van der Waals surface area contributed by atoms with E-state index in [0.717, 1.165) is 5.56 Å². The van der Waals surface area contributed by atoms with E-state index < -0.39 is 0 Å². The molecule has 0 aromatic heterocycles. The number of carbonyl (C=O) groups is 1. The normalized spacial score (nSPS) is 13.3. The molecule has 0 spiro atoms. The average Bonchev–Trinajstić information content (AvgIpc) is 2.63. The lowest BCUT2D eigenvalue weighted by molar-refractivity contribution is -0.194. The molecule has 13 heavy (non-hydrogen) atoms.